The number of furan rings is 1. The van der Waals surface area contributed by atoms with Gasteiger partial charge in [0.1, 0.15) is 5.58 Å². The summed E-state index contributed by atoms with van der Waals surface area (Å²) in [6, 6.07) is 18.7. The number of hydrogen-bond donors (Lipinski definition) is 0. The second kappa shape index (κ2) is 6.18. The predicted octanol–water partition coefficient (Wildman–Crippen LogP) is 6.13. The number of fused-ring (bicyclic) bond motifs is 5. The SMILES string of the molecule is [B]C1(c2ccc(-c3cccc4c3oc3ncc5ccccc5c34)nc2)CCCC1. The molecule has 3 heterocycles. The summed E-state index contributed by atoms with van der Waals surface area (Å²) in [5.74, 6) is 0. The molecule has 1 saturated carbocycles. The van der Waals surface area contributed by atoms with Crippen LogP contribution in [-0.2, 0) is 5.31 Å². The van der Waals surface area contributed by atoms with Crippen LogP contribution in [0.5, 0.6) is 0 Å². The molecule has 1 aliphatic rings. The van der Waals surface area contributed by atoms with E-state index in [9.17, 15) is 0 Å². The zero-order valence-corrected chi connectivity index (χ0v) is 16.1. The molecule has 3 aromatic heterocycles. The number of rotatable bonds is 2. The van der Waals surface area contributed by atoms with Crippen molar-refractivity contribution in [3.8, 4) is 11.3 Å². The lowest BCUT2D eigenvalue weighted by atomic mass is 9.63. The van der Waals surface area contributed by atoms with Gasteiger partial charge in [-0.1, -0.05) is 68.1 Å². The van der Waals surface area contributed by atoms with E-state index in [2.05, 4.69) is 53.5 Å². The van der Waals surface area contributed by atoms with Crippen LogP contribution in [0.2, 0.25) is 0 Å². The highest BCUT2D eigenvalue weighted by atomic mass is 16.3. The van der Waals surface area contributed by atoms with Gasteiger partial charge in [0.25, 0.3) is 0 Å². The molecule has 0 saturated heterocycles. The lowest BCUT2D eigenvalue weighted by molar-refractivity contribution is 0.633. The van der Waals surface area contributed by atoms with E-state index in [0.29, 0.717) is 5.71 Å². The molecule has 29 heavy (non-hydrogen) atoms. The molecule has 0 unspecified atom stereocenters. The van der Waals surface area contributed by atoms with E-state index in [1.54, 1.807) is 0 Å². The molecule has 0 spiro atoms. The molecule has 5 aromatic rings. The summed E-state index contributed by atoms with van der Waals surface area (Å²) in [7, 11) is 6.60. The fourth-order valence-electron chi connectivity index (χ4n) is 4.77. The maximum atomic E-state index is 6.60. The summed E-state index contributed by atoms with van der Waals surface area (Å²) in [6.07, 6.45) is 8.26. The van der Waals surface area contributed by atoms with E-state index in [4.69, 9.17) is 17.2 Å². The van der Waals surface area contributed by atoms with Crippen LogP contribution in [-0.4, -0.2) is 17.8 Å². The smallest absolute Gasteiger partial charge is 0.227 e. The van der Waals surface area contributed by atoms with Crippen LogP contribution < -0.4 is 0 Å². The van der Waals surface area contributed by atoms with Gasteiger partial charge in [-0.2, -0.15) is 0 Å². The predicted molar refractivity (Wildman–Crippen MR) is 118 cm³/mol. The van der Waals surface area contributed by atoms with Gasteiger partial charge in [-0.05, 0) is 28.4 Å². The Labute approximate surface area is 170 Å². The Balaban J connectivity index is 1.54. The van der Waals surface area contributed by atoms with Crippen molar-refractivity contribution in [1.82, 2.24) is 9.97 Å². The van der Waals surface area contributed by atoms with Gasteiger partial charge < -0.3 is 4.42 Å². The molecular formula is C25H19BN2O. The molecule has 0 atom stereocenters. The summed E-state index contributed by atoms with van der Waals surface area (Å²) in [5, 5.41) is 4.17. The van der Waals surface area contributed by atoms with Crippen LogP contribution in [0.4, 0.5) is 0 Å². The van der Waals surface area contributed by atoms with Gasteiger partial charge in [0, 0.05) is 28.7 Å². The van der Waals surface area contributed by atoms with Gasteiger partial charge in [-0.15, -0.1) is 0 Å². The maximum absolute atomic E-state index is 6.60. The summed E-state index contributed by atoms with van der Waals surface area (Å²) in [6.45, 7) is 0. The monoisotopic (exact) mass is 374 g/mol. The van der Waals surface area contributed by atoms with Crippen LogP contribution >= 0.6 is 0 Å². The molecule has 1 aliphatic carbocycles. The Morgan fingerprint density at radius 1 is 0.828 bits per heavy atom. The standard InChI is InChI=1S/C25H19BN2O/c26-25(12-3-4-13-25)17-10-11-21(27-15-17)19-8-5-9-20-22-18-7-2-1-6-16(18)14-28-24(22)29-23(19)20/h1-2,5-11,14-15H,3-4,12-13H2. The number of nitrogens with zero attached hydrogens (tertiary/aromatic N) is 2. The molecule has 0 bridgehead atoms. The van der Waals surface area contributed by atoms with Crippen LogP contribution in [0.1, 0.15) is 31.2 Å². The minimum absolute atomic E-state index is 0.222. The third kappa shape index (κ3) is 2.52. The molecule has 6 rings (SSSR count). The number of para-hydroxylation sites is 1. The minimum Gasteiger partial charge on any atom is -0.437 e. The number of benzene rings is 2. The third-order valence-corrected chi connectivity index (χ3v) is 6.36. The fraction of sp³-hybridized carbons (Fsp3) is 0.200. The highest BCUT2D eigenvalue weighted by Crippen LogP contribution is 2.40. The quantitative estimate of drug-likeness (QED) is 0.349. The molecule has 2 aromatic carbocycles. The van der Waals surface area contributed by atoms with Gasteiger partial charge in [0.05, 0.1) is 18.9 Å². The second-order valence-electron chi connectivity index (χ2n) is 8.11. The molecule has 2 radical (unpaired) electrons. The normalized spacial score (nSPS) is 16.1. The number of hydrogen-bond acceptors (Lipinski definition) is 3. The minimum atomic E-state index is -0.222. The van der Waals surface area contributed by atoms with Crippen LogP contribution in [0.15, 0.2) is 71.4 Å². The Kier molecular flexibility index (Phi) is 3.58. The zero-order chi connectivity index (χ0) is 19.4. The molecule has 1 fully saturated rings. The molecule has 138 valence electrons. The number of aromatic nitrogens is 2. The van der Waals surface area contributed by atoms with Crippen LogP contribution in [0.3, 0.4) is 0 Å². The van der Waals surface area contributed by atoms with Crippen molar-refractivity contribution >= 4 is 40.7 Å². The first-order chi connectivity index (χ1) is 14.2. The molecule has 3 nitrogen and oxygen atoms in total. The molecule has 0 aliphatic heterocycles. The molecule has 4 heteroatoms. The summed E-state index contributed by atoms with van der Waals surface area (Å²) < 4.78 is 6.22. The van der Waals surface area contributed by atoms with Crippen molar-refractivity contribution in [1.29, 1.82) is 0 Å². The van der Waals surface area contributed by atoms with Crippen molar-refractivity contribution in [3.05, 3.63) is 72.6 Å². The summed E-state index contributed by atoms with van der Waals surface area (Å²) >= 11 is 0. The van der Waals surface area contributed by atoms with Crippen molar-refractivity contribution in [2.75, 3.05) is 0 Å². The Morgan fingerprint density at radius 2 is 1.66 bits per heavy atom. The Morgan fingerprint density at radius 3 is 2.48 bits per heavy atom. The number of pyridine rings is 2. The van der Waals surface area contributed by atoms with E-state index in [0.717, 1.165) is 56.8 Å². The first-order valence-corrected chi connectivity index (χ1v) is 10.2. The lowest BCUT2D eigenvalue weighted by Gasteiger charge is -2.24. The zero-order valence-electron chi connectivity index (χ0n) is 16.1. The molecule has 0 amide bonds. The highest BCUT2D eigenvalue weighted by Gasteiger charge is 2.30. The van der Waals surface area contributed by atoms with Gasteiger partial charge in [-0.3, -0.25) is 4.98 Å². The van der Waals surface area contributed by atoms with E-state index in [1.807, 2.05) is 18.5 Å². The third-order valence-electron chi connectivity index (χ3n) is 6.36. The van der Waals surface area contributed by atoms with Gasteiger partial charge in [0.15, 0.2) is 0 Å². The molecule has 0 N–H and O–H groups in total. The average Bonchev–Trinajstić information content (AvgIpc) is 3.38. The van der Waals surface area contributed by atoms with Crippen molar-refractivity contribution < 1.29 is 4.42 Å². The van der Waals surface area contributed by atoms with E-state index >= 15 is 0 Å². The van der Waals surface area contributed by atoms with Gasteiger partial charge >= 0.3 is 0 Å². The first kappa shape index (κ1) is 16.8. The van der Waals surface area contributed by atoms with E-state index in [-0.39, 0.29) is 5.31 Å². The average molecular weight is 374 g/mol. The first-order valence-electron chi connectivity index (χ1n) is 10.2. The lowest BCUT2D eigenvalue weighted by Crippen LogP contribution is -2.22. The maximum Gasteiger partial charge on any atom is 0.227 e. The van der Waals surface area contributed by atoms with Crippen LogP contribution in [0, 0.1) is 0 Å². The fourth-order valence-corrected chi connectivity index (χ4v) is 4.77. The van der Waals surface area contributed by atoms with Crippen molar-refractivity contribution in [2.45, 2.75) is 31.0 Å². The molecular weight excluding hydrogens is 355 g/mol. The van der Waals surface area contributed by atoms with Crippen molar-refractivity contribution in [3.63, 3.8) is 0 Å². The highest BCUT2D eigenvalue weighted by molar-refractivity contribution is 6.19. The van der Waals surface area contributed by atoms with E-state index < -0.39 is 0 Å². The van der Waals surface area contributed by atoms with Crippen LogP contribution in [0.25, 0.3) is 44.1 Å². The van der Waals surface area contributed by atoms with E-state index in [1.165, 1.54) is 12.8 Å². The Bertz CT molecular complexity index is 1360. The summed E-state index contributed by atoms with van der Waals surface area (Å²) in [4.78, 5) is 9.31. The van der Waals surface area contributed by atoms with Gasteiger partial charge in [0.2, 0.25) is 5.71 Å². The Hall–Kier alpha value is -3.14. The largest absolute Gasteiger partial charge is 0.437 e. The second-order valence-corrected chi connectivity index (χ2v) is 8.11. The van der Waals surface area contributed by atoms with Crippen molar-refractivity contribution in [2.24, 2.45) is 0 Å². The summed E-state index contributed by atoms with van der Waals surface area (Å²) in [5.41, 5.74) is 4.49. The van der Waals surface area contributed by atoms with Gasteiger partial charge in [-0.25, -0.2) is 4.98 Å². The topological polar surface area (TPSA) is 38.9 Å².